The highest BCUT2D eigenvalue weighted by Gasteiger charge is 2.26. The molecule has 2 aliphatic rings. The number of benzene rings is 2. The summed E-state index contributed by atoms with van der Waals surface area (Å²) in [6.45, 7) is 3.16. The smallest absolute Gasteiger partial charge is 0.343 e. The zero-order chi connectivity index (χ0) is 22.8. The van der Waals surface area contributed by atoms with Gasteiger partial charge in [-0.3, -0.25) is 0 Å². The summed E-state index contributed by atoms with van der Waals surface area (Å²) in [5.74, 6) is -0.0663. The predicted molar refractivity (Wildman–Crippen MR) is 130 cm³/mol. The molecule has 0 atom stereocenters. The normalized spacial score (nSPS) is 17.9. The molecular weight excluding hydrogens is 458 g/mol. The van der Waals surface area contributed by atoms with E-state index >= 15 is 0 Å². The summed E-state index contributed by atoms with van der Waals surface area (Å²) >= 11 is 1.61. The first-order valence-electron chi connectivity index (χ1n) is 11.5. The van der Waals surface area contributed by atoms with Gasteiger partial charge in [0.15, 0.2) is 5.13 Å². The highest BCUT2D eigenvalue weighted by Crippen LogP contribution is 2.33. The number of fused-ring (bicyclic) bond motifs is 1. The van der Waals surface area contributed by atoms with E-state index in [4.69, 9.17) is 9.72 Å². The number of esters is 1. The molecule has 0 saturated carbocycles. The van der Waals surface area contributed by atoms with E-state index in [0.717, 1.165) is 47.7 Å². The minimum atomic E-state index is -3.52. The van der Waals surface area contributed by atoms with Crippen LogP contribution in [-0.2, 0) is 10.0 Å². The first kappa shape index (κ1) is 22.3. The lowest BCUT2D eigenvalue weighted by Crippen LogP contribution is -2.35. The molecule has 0 amide bonds. The van der Waals surface area contributed by atoms with E-state index < -0.39 is 16.0 Å². The van der Waals surface area contributed by atoms with Crippen molar-refractivity contribution in [2.24, 2.45) is 0 Å². The maximum absolute atomic E-state index is 12.8. The van der Waals surface area contributed by atoms with Gasteiger partial charge in [0.25, 0.3) is 0 Å². The van der Waals surface area contributed by atoms with Crippen LogP contribution in [0.5, 0.6) is 5.75 Å². The fourth-order valence-electron chi connectivity index (χ4n) is 4.36. The molecule has 174 valence electrons. The Morgan fingerprint density at radius 3 is 2.24 bits per heavy atom. The Hall–Kier alpha value is -2.49. The van der Waals surface area contributed by atoms with Gasteiger partial charge in [0, 0.05) is 32.2 Å². The van der Waals surface area contributed by atoms with Gasteiger partial charge in [0.2, 0.25) is 10.0 Å². The number of aromatic nitrogens is 1. The standard InChI is InChI=1S/C24H27N3O4S2/c28-23(18-7-10-20(11-8-18)33(29,30)27-15-5-2-6-16-27)31-19-9-12-21-22(17-19)32-24(25-21)26-13-3-1-4-14-26/h7-12,17H,1-6,13-16H2. The van der Waals surface area contributed by atoms with E-state index in [1.54, 1.807) is 17.4 Å². The van der Waals surface area contributed by atoms with E-state index in [2.05, 4.69) is 4.90 Å². The first-order chi connectivity index (χ1) is 16.0. The number of hydrogen-bond acceptors (Lipinski definition) is 7. The van der Waals surface area contributed by atoms with Crippen molar-refractivity contribution in [1.29, 1.82) is 0 Å². The van der Waals surface area contributed by atoms with Crippen molar-refractivity contribution in [2.45, 2.75) is 43.4 Å². The number of anilines is 1. The van der Waals surface area contributed by atoms with Crippen molar-refractivity contribution >= 4 is 42.7 Å². The van der Waals surface area contributed by atoms with Gasteiger partial charge in [-0.2, -0.15) is 4.31 Å². The lowest BCUT2D eigenvalue weighted by Gasteiger charge is -2.25. The molecule has 0 spiro atoms. The second kappa shape index (κ2) is 9.40. The third-order valence-corrected chi connectivity index (χ3v) is 9.22. The molecule has 2 aliphatic heterocycles. The van der Waals surface area contributed by atoms with Gasteiger partial charge in [-0.05, 0) is 68.5 Å². The SMILES string of the molecule is O=C(Oc1ccc2nc(N3CCCCC3)sc2c1)c1ccc(S(=O)(=O)N2CCCCC2)cc1. The molecule has 2 saturated heterocycles. The third kappa shape index (κ3) is 4.76. The second-order valence-electron chi connectivity index (χ2n) is 8.55. The number of thiazole rings is 1. The van der Waals surface area contributed by atoms with Crippen LogP contribution in [0.4, 0.5) is 5.13 Å². The molecule has 7 nitrogen and oxygen atoms in total. The Morgan fingerprint density at radius 2 is 1.55 bits per heavy atom. The van der Waals surface area contributed by atoms with Crippen LogP contribution in [0.15, 0.2) is 47.4 Å². The summed E-state index contributed by atoms with van der Waals surface area (Å²) < 4.78 is 33.7. The zero-order valence-electron chi connectivity index (χ0n) is 18.4. The number of ether oxygens (including phenoxy) is 1. The van der Waals surface area contributed by atoms with Crippen LogP contribution < -0.4 is 9.64 Å². The minimum absolute atomic E-state index is 0.206. The van der Waals surface area contributed by atoms with Crippen LogP contribution in [-0.4, -0.2) is 49.9 Å². The number of sulfonamides is 1. The van der Waals surface area contributed by atoms with Crippen LogP contribution in [0.2, 0.25) is 0 Å². The van der Waals surface area contributed by atoms with E-state index in [9.17, 15) is 13.2 Å². The maximum atomic E-state index is 12.8. The Morgan fingerprint density at radius 1 is 0.879 bits per heavy atom. The zero-order valence-corrected chi connectivity index (χ0v) is 20.0. The monoisotopic (exact) mass is 485 g/mol. The van der Waals surface area contributed by atoms with Crippen LogP contribution in [0.25, 0.3) is 10.2 Å². The Balaban J connectivity index is 1.28. The van der Waals surface area contributed by atoms with Crippen molar-refractivity contribution in [3.63, 3.8) is 0 Å². The van der Waals surface area contributed by atoms with Crippen LogP contribution in [0.1, 0.15) is 48.9 Å². The van der Waals surface area contributed by atoms with Crippen LogP contribution in [0, 0.1) is 0 Å². The molecule has 3 aromatic rings. The van der Waals surface area contributed by atoms with Gasteiger partial charge in [-0.1, -0.05) is 17.8 Å². The molecule has 0 bridgehead atoms. The Kier molecular flexibility index (Phi) is 6.36. The van der Waals surface area contributed by atoms with Crippen molar-refractivity contribution in [3.8, 4) is 5.75 Å². The van der Waals surface area contributed by atoms with Crippen molar-refractivity contribution in [1.82, 2.24) is 9.29 Å². The molecule has 2 aromatic carbocycles. The van der Waals surface area contributed by atoms with E-state index in [1.807, 2.05) is 12.1 Å². The number of nitrogens with zero attached hydrogens (tertiary/aromatic N) is 3. The predicted octanol–water partition coefficient (Wildman–Crippen LogP) is 4.68. The van der Waals surface area contributed by atoms with Crippen molar-refractivity contribution < 1.29 is 17.9 Å². The lowest BCUT2D eigenvalue weighted by atomic mass is 10.1. The van der Waals surface area contributed by atoms with Gasteiger partial charge in [0.05, 0.1) is 20.7 Å². The van der Waals surface area contributed by atoms with Crippen molar-refractivity contribution in [2.75, 3.05) is 31.1 Å². The average molecular weight is 486 g/mol. The quantitative estimate of drug-likeness (QED) is 0.386. The van der Waals surface area contributed by atoms with Gasteiger partial charge >= 0.3 is 5.97 Å². The minimum Gasteiger partial charge on any atom is -0.423 e. The lowest BCUT2D eigenvalue weighted by molar-refractivity contribution is 0.0735. The molecule has 3 heterocycles. The molecule has 0 aliphatic carbocycles. The summed E-state index contributed by atoms with van der Waals surface area (Å²) in [5.41, 5.74) is 1.21. The van der Waals surface area contributed by atoms with Crippen LogP contribution in [0.3, 0.4) is 0 Å². The first-order valence-corrected chi connectivity index (χ1v) is 13.7. The number of rotatable bonds is 5. The molecule has 1 aromatic heterocycles. The summed E-state index contributed by atoms with van der Waals surface area (Å²) in [4.78, 5) is 19.9. The average Bonchev–Trinajstić information content (AvgIpc) is 3.29. The fourth-order valence-corrected chi connectivity index (χ4v) is 6.92. The second-order valence-corrected chi connectivity index (χ2v) is 11.5. The number of hydrogen-bond donors (Lipinski definition) is 0. The molecular formula is C24H27N3O4S2. The van der Waals surface area contributed by atoms with E-state index in [-0.39, 0.29) is 4.90 Å². The van der Waals surface area contributed by atoms with Crippen LogP contribution >= 0.6 is 11.3 Å². The highest BCUT2D eigenvalue weighted by molar-refractivity contribution is 7.89. The number of carbonyl (C=O) groups is 1. The number of piperidine rings is 2. The summed E-state index contributed by atoms with van der Waals surface area (Å²) in [5, 5.41) is 1.01. The molecule has 9 heteroatoms. The van der Waals surface area contributed by atoms with Gasteiger partial charge in [-0.25, -0.2) is 18.2 Å². The summed E-state index contributed by atoms with van der Waals surface area (Å²) in [6, 6.07) is 11.5. The molecule has 0 radical (unpaired) electrons. The third-order valence-electron chi connectivity index (χ3n) is 6.23. The molecule has 2 fully saturated rings. The number of carbonyl (C=O) groups excluding carboxylic acids is 1. The Labute approximate surface area is 198 Å². The molecule has 0 N–H and O–H groups in total. The van der Waals surface area contributed by atoms with Crippen molar-refractivity contribution in [3.05, 3.63) is 48.0 Å². The molecule has 5 rings (SSSR count). The van der Waals surface area contributed by atoms with E-state index in [1.165, 1.54) is 47.8 Å². The highest BCUT2D eigenvalue weighted by atomic mass is 32.2. The van der Waals surface area contributed by atoms with E-state index in [0.29, 0.717) is 24.4 Å². The maximum Gasteiger partial charge on any atom is 0.343 e. The van der Waals surface area contributed by atoms with Gasteiger partial charge in [-0.15, -0.1) is 0 Å². The Bertz CT molecular complexity index is 1240. The van der Waals surface area contributed by atoms with Gasteiger partial charge < -0.3 is 9.64 Å². The fraction of sp³-hybridized carbons (Fsp3) is 0.417. The van der Waals surface area contributed by atoms with Gasteiger partial charge in [0.1, 0.15) is 5.75 Å². The topological polar surface area (TPSA) is 79.8 Å². The molecule has 33 heavy (non-hydrogen) atoms. The molecule has 0 unspecified atom stereocenters. The largest absolute Gasteiger partial charge is 0.423 e. The summed E-state index contributed by atoms with van der Waals surface area (Å²) in [6.07, 6.45) is 6.48. The summed E-state index contributed by atoms with van der Waals surface area (Å²) in [7, 11) is -3.52.